The van der Waals surface area contributed by atoms with E-state index in [0.29, 0.717) is 11.1 Å². The van der Waals surface area contributed by atoms with Gasteiger partial charge in [0.25, 0.3) is 5.91 Å². The van der Waals surface area contributed by atoms with Crippen molar-refractivity contribution in [2.24, 2.45) is 0 Å². The molecule has 4 rings (SSSR count). The zero-order chi connectivity index (χ0) is 25.9. The summed E-state index contributed by atoms with van der Waals surface area (Å²) in [5, 5.41) is 6.37. The smallest absolute Gasteiger partial charge is 0.338 e. The lowest BCUT2D eigenvalue weighted by molar-refractivity contribution is -0.142. The number of fused-ring (bicyclic) bond motifs is 2. The topological polar surface area (TPSA) is 81.7 Å². The van der Waals surface area contributed by atoms with E-state index in [2.05, 4.69) is 5.32 Å². The summed E-state index contributed by atoms with van der Waals surface area (Å²) in [4.78, 5) is 38.5. The molecule has 36 heavy (non-hydrogen) atoms. The molecule has 6 nitrogen and oxygen atoms in total. The van der Waals surface area contributed by atoms with E-state index >= 15 is 0 Å². The number of methoxy groups -OCH3 is 1. The number of amides is 1. The summed E-state index contributed by atoms with van der Waals surface area (Å²) < 4.78 is 10.4. The normalized spacial score (nSPS) is 12.2. The first kappa shape index (κ1) is 24.9. The van der Waals surface area contributed by atoms with Crippen LogP contribution in [-0.4, -0.2) is 36.6 Å². The summed E-state index contributed by atoms with van der Waals surface area (Å²) in [5.74, 6) is -1.33. The number of esters is 2. The highest BCUT2D eigenvalue weighted by Crippen LogP contribution is 2.28. The lowest BCUT2D eigenvalue weighted by atomic mass is 9.95. The van der Waals surface area contributed by atoms with Gasteiger partial charge in [-0.3, -0.25) is 4.79 Å². The van der Waals surface area contributed by atoms with E-state index in [1.54, 1.807) is 24.3 Å². The van der Waals surface area contributed by atoms with Crippen LogP contribution in [0.15, 0.2) is 78.9 Å². The molecule has 0 heterocycles. The van der Waals surface area contributed by atoms with Gasteiger partial charge in [-0.1, -0.05) is 60.7 Å². The van der Waals surface area contributed by atoms with Gasteiger partial charge >= 0.3 is 11.9 Å². The van der Waals surface area contributed by atoms with Crippen LogP contribution in [0, 0.1) is 0 Å². The second-order valence-corrected chi connectivity index (χ2v) is 9.65. The first-order chi connectivity index (χ1) is 17.2. The van der Waals surface area contributed by atoms with Crippen LogP contribution < -0.4 is 5.32 Å². The molecule has 4 aromatic rings. The van der Waals surface area contributed by atoms with Gasteiger partial charge in [-0.05, 0) is 66.1 Å². The Kier molecular flexibility index (Phi) is 7.06. The van der Waals surface area contributed by atoms with Crippen molar-refractivity contribution in [2.75, 3.05) is 7.11 Å². The standard InChI is InChI=1S/C30H29NO5/c1-30(2,3)36-28(33)20-15-13-19(14-16-20)17-25(29(34)35-4)31-27(32)26-23-11-7-5-9-21(23)18-22-10-6-8-12-24(22)26/h5-16,18,25H,17H2,1-4H3,(H,31,32)/t25-/m0/s1. The molecule has 0 saturated carbocycles. The fraction of sp³-hybridized carbons (Fsp3) is 0.233. The van der Waals surface area contributed by atoms with E-state index in [1.807, 2.05) is 75.4 Å². The molecule has 0 spiro atoms. The molecule has 1 N–H and O–H groups in total. The van der Waals surface area contributed by atoms with Gasteiger partial charge in [-0.2, -0.15) is 0 Å². The number of rotatable bonds is 6. The molecule has 6 heteroatoms. The van der Waals surface area contributed by atoms with Crippen molar-refractivity contribution >= 4 is 39.4 Å². The van der Waals surface area contributed by atoms with Gasteiger partial charge < -0.3 is 14.8 Å². The monoisotopic (exact) mass is 483 g/mol. The lowest BCUT2D eigenvalue weighted by Crippen LogP contribution is -2.43. The number of carbonyl (C=O) groups is 3. The number of hydrogen-bond acceptors (Lipinski definition) is 5. The number of benzene rings is 4. The summed E-state index contributed by atoms with van der Waals surface area (Å²) in [6, 6.07) is 23.3. The largest absolute Gasteiger partial charge is 0.467 e. The molecule has 0 aliphatic rings. The molecule has 0 aromatic heterocycles. The highest BCUT2D eigenvalue weighted by atomic mass is 16.6. The van der Waals surface area contributed by atoms with Gasteiger partial charge in [0.2, 0.25) is 0 Å². The minimum Gasteiger partial charge on any atom is -0.467 e. The van der Waals surface area contributed by atoms with E-state index in [1.165, 1.54) is 7.11 Å². The molecule has 0 aliphatic carbocycles. The maximum atomic E-state index is 13.6. The molecule has 0 bridgehead atoms. The van der Waals surface area contributed by atoms with E-state index < -0.39 is 23.6 Å². The molecule has 0 unspecified atom stereocenters. The molecular weight excluding hydrogens is 454 g/mol. The number of hydrogen-bond donors (Lipinski definition) is 1. The molecule has 1 atom stereocenters. The Hall–Kier alpha value is -4.19. The van der Waals surface area contributed by atoms with Crippen molar-refractivity contribution in [3.8, 4) is 0 Å². The fourth-order valence-electron chi connectivity index (χ4n) is 4.17. The van der Waals surface area contributed by atoms with Crippen LogP contribution in [-0.2, 0) is 20.7 Å². The minimum atomic E-state index is -0.910. The fourth-order valence-corrected chi connectivity index (χ4v) is 4.17. The van der Waals surface area contributed by atoms with E-state index in [4.69, 9.17) is 9.47 Å². The summed E-state index contributed by atoms with van der Waals surface area (Å²) in [6.07, 6.45) is 0.204. The van der Waals surface area contributed by atoms with Gasteiger partial charge in [-0.15, -0.1) is 0 Å². The third-order valence-corrected chi connectivity index (χ3v) is 5.82. The van der Waals surface area contributed by atoms with Crippen molar-refractivity contribution in [3.63, 3.8) is 0 Å². The Morgan fingerprint density at radius 2 is 1.39 bits per heavy atom. The second kappa shape index (κ2) is 10.2. The molecule has 4 aromatic carbocycles. The van der Waals surface area contributed by atoms with Crippen LogP contribution in [0.2, 0.25) is 0 Å². The third kappa shape index (κ3) is 5.54. The maximum Gasteiger partial charge on any atom is 0.338 e. The van der Waals surface area contributed by atoms with Crippen molar-refractivity contribution in [3.05, 3.63) is 95.6 Å². The number of carbonyl (C=O) groups excluding carboxylic acids is 3. The predicted molar refractivity (Wildman–Crippen MR) is 140 cm³/mol. The SMILES string of the molecule is COC(=O)[C@H](Cc1ccc(C(=O)OC(C)(C)C)cc1)NC(=O)c1c2ccccc2cc2ccccc12. The van der Waals surface area contributed by atoms with Crippen LogP contribution >= 0.6 is 0 Å². The number of ether oxygens (including phenoxy) is 2. The molecule has 0 saturated heterocycles. The van der Waals surface area contributed by atoms with Gasteiger partial charge in [0.15, 0.2) is 0 Å². The Morgan fingerprint density at radius 3 is 1.92 bits per heavy atom. The average Bonchev–Trinajstić information content (AvgIpc) is 2.85. The van der Waals surface area contributed by atoms with Crippen LogP contribution in [0.1, 0.15) is 47.1 Å². The van der Waals surface area contributed by atoms with E-state index in [0.717, 1.165) is 27.1 Å². The van der Waals surface area contributed by atoms with Crippen LogP contribution in [0.3, 0.4) is 0 Å². The van der Waals surface area contributed by atoms with Crippen molar-refractivity contribution in [2.45, 2.75) is 38.8 Å². The molecular formula is C30H29NO5. The number of nitrogens with one attached hydrogen (secondary N) is 1. The quantitative estimate of drug-likeness (QED) is 0.291. The Labute approximate surface area is 210 Å². The molecule has 184 valence electrons. The minimum absolute atomic E-state index is 0.204. The Morgan fingerprint density at radius 1 is 0.833 bits per heavy atom. The Balaban J connectivity index is 1.61. The summed E-state index contributed by atoms with van der Waals surface area (Å²) in [5.41, 5.74) is 1.09. The highest BCUT2D eigenvalue weighted by Gasteiger charge is 2.25. The second-order valence-electron chi connectivity index (χ2n) is 9.65. The summed E-state index contributed by atoms with van der Waals surface area (Å²) in [6.45, 7) is 5.42. The average molecular weight is 484 g/mol. The van der Waals surface area contributed by atoms with Crippen molar-refractivity contribution < 1.29 is 23.9 Å². The molecule has 1 amide bonds. The third-order valence-electron chi connectivity index (χ3n) is 5.82. The predicted octanol–water partition coefficient (Wildman–Crippen LogP) is 5.46. The summed E-state index contributed by atoms with van der Waals surface area (Å²) >= 11 is 0. The first-order valence-corrected chi connectivity index (χ1v) is 11.8. The first-order valence-electron chi connectivity index (χ1n) is 11.8. The Bertz CT molecular complexity index is 1380. The maximum absolute atomic E-state index is 13.6. The summed E-state index contributed by atoms with van der Waals surface area (Å²) in [7, 11) is 1.29. The lowest BCUT2D eigenvalue weighted by Gasteiger charge is -2.20. The van der Waals surface area contributed by atoms with Crippen LogP contribution in [0.25, 0.3) is 21.5 Å². The van der Waals surface area contributed by atoms with E-state index in [9.17, 15) is 14.4 Å². The molecule has 0 fully saturated rings. The van der Waals surface area contributed by atoms with Crippen molar-refractivity contribution in [1.29, 1.82) is 0 Å². The van der Waals surface area contributed by atoms with Gasteiger partial charge in [0, 0.05) is 6.42 Å². The zero-order valence-corrected chi connectivity index (χ0v) is 20.8. The highest BCUT2D eigenvalue weighted by molar-refractivity contribution is 6.18. The zero-order valence-electron chi connectivity index (χ0n) is 20.8. The van der Waals surface area contributed by atoms with Gasteiger partial charge in [0.05, 0.1) is 18.2 Å². The van der Waals surface area contributed by atoms with Crippen LogP contribution in [0.4, 0.5) is 0 Å². The molecule has 0 radical (unpaired) electrons. The van der Waals surface area contributed by atoms with Gasteiger partial charge in [0.1, 0.15) is 11.6 Å². The molecule has 0 aliphatic heterocycles. The van der Waals surface area contributed by atoms with Gasteiger partial charge in [-0.25, -0.2) is 9.59 Å². The van der Waals surface area contributed by atoms with Crippen molar-refractivity contribution in [1.82, 2.24) is 5.32 Å². The van der Waals surface area contributed by atoms with Crippen LogP contribution in [0.5, 0.6) is 0 Å². The van der Waals surface area contributed by atoms with E-state index in [-0.39, 0.29) is 12.3 Å².